The summed E-state index contributed by atoms with van der Waals surface area (Å²) in [4.78, 5) is 8.04. The van der Waals surface area contributed by atoms with E-state index in [9.17, 15) is 13.2 Å². The molecule has 30 heavy (non-hydrogen) atoms. The van der Waals surface area contributed by atoms with Gasteiger partial charge < -0.3 is 9.47 Å². The van der Waals surface area contributed by atoms with Gasteiger partial charge in [-0.3, -0.25) is 4.90 Å². The number of aromatic nitrogens is 2. The van der Waals surface area contributed by atoms with Crippen LogP contribution in [-0.2, 0) is 19.3 Å². The number of rotatable bonds is 7. The normalized spacial score (nSPS) is 14.5. The summed E-state index contributed by atoms with van der Waals surface area (Å²) in [6.07, 6.45) is -1.80. The first-order chi connectivity index (χ1) is 14.2. The number of hydrogen-bond donors (Lipinski definition) is 0. The summed E-state index contributed by atoms with van der Waals surface area (Å²) in [5.74, 6) is 0.337. The third-order valence-electron chi connectivity index (χ3n) is 5.64. The second-order valence-electron chi connectivity index (χ2n) is 8.00. The van der Waals surface area contributed by atoms with Crippen LogP contribution < -0.4 is 4.90 Å². The highest BCUT2D eigenvalue weighted by Gasteiger charge is 2.41. The van der Waals surface area contributed by atoms with E-state index in [0.717, 1.165) is 42.6 Å². The maximum absolute atomic E-state index is 13.9. The van der Waals surface area contributed by atoms with Crippen molar-refractivity contribution in [1.82, 2.24) is 14.5 Å². The van der Waals surface area contributed by atoms with Crippen LogP contribution in [-0.4, -0.2) is 34.1 Å². The lowest BCUT2D eigenvalue weighted by molar-refractivity contribution is -0.141. The number of unbranched alkanes of at least 4 members (excludes halogenated alkanes) is 1. The smallest absolute Gasteiger partial charge is 0.312 e. The molecule has 2 heterocycles. The third-order valence-corrected chi connectivity index (χ3v) is 5.93. The van der Waals surface area contributed by atoms with E-state index in [2.05, 4.69) is 16.8 Å². The highest BCUT2D eigenvalue weighted by Crippen LogP contribution is 2.41. The second kappa shape index (κ2) is 9.18. The minimum Gasteiger partial charge on any atom is -0.312 e. The zero-order chi connectivity index (χ0) is 22.1. The molecule has 1 aromatic carbocycles. The first-order valence-corrected chi connectivity index (χ1v) is 11.0. The number of imidazole rings is 1. The van der Waals surface area contributed by atoms with Gasteiger partial charge in [-0.1, -0.05) is 37.9 Å². The van der Waals surface area contributed by atoms with Crippen LogP contribution in [0.5, 0.6) is 0 Å². The van der Waals surface area contributed by atoms with E-state index in [0.29, 0.717) is 30.6 Å². The van der Waals surface area contributed by atoms with Crippen LogP contribution in [0.3, 0.4) is 0 Å². The van der Waals surface area contributed by atoms with E-state index < -0.39 is 11.9 Å². The summed E-state index contributed by atoms with van der Waals surface area (Å²) < 4.78 is 43.6. The summed E-state index contributed by atoms with van der Waals surface area (Å²) >= 11 is 6.53. The standard InChI is InChI=1S/C22H30ClF3N4/c1-5-7-9-28(6-2)14-18-20(22(24,25)26)27-21-29(18)10-8-11-30(21)19-16(4)12-15(3)13-17(19)23/h12-13H,5-11,14H2,1-4H3. The minimum atomic E-state index is -4.50. The van der Waals surface area contributed by atoms with Crippen molar-refractivity contribution < 1.29 is 13.2 Å². The quantitative estimate of drug-likeness (QED) is 0.500. The van der Waals surface area contributed by atoms with Crippen LogP contribution in [0.15, 0.2) is 12.1 Å². The average molecular weight is 443 g/mol. The molecule has 0 aliphatic carbocycles. The molecule has 0 radical (unpaired) electrons. The largest absolute Gasteiger partial charge is 0.435 e. The van der Waals surface area contributed by atoms with Crippen molar-refractivity contribution in [2.75, 3.05) is 24.5 Å². The Bertz CT molecular complexity index is 868. The number of fused-ring (bicyclic) bond motifs is 1. The highest BCUT2D eigenvalue weighted by molar-refractivity contribution is 6.33. The first-order valence-electron chi connectivity index (χ1n) is 10.6. The third kappa shape index (κ3) is 4.62. The Labute approximate surface area is 181 Å². The molecule has 0 N–H and O–H groups in total. The molecule has 0 saturated heterocycles. The molecule has 0 atom stereocenters. The Morgan fingerprint density at radius 2 is 1.90 bits per heavy atom. The minimum absolute atomic E-state index is 0.243. The Morgan fingerprint density at radius 1 is 1.17 bits per heavy atom. The van der Waals surface area contributed by atoms with Crippen LogP contribution in [0.4, 0.5) is 24.8 Å². The predicted octanol–water partition coefficient (Wildman–Crippen LogP) is 6.34. The van der Waals surface area contributed by atoms with E-state index in [1.807, 2.05) is 37.8 Å². The molecule has 3 rings (SSSR count). The number of benzene rings is 1. The SMILES string of the molecule is CCCCN(CC)Cc1c(C(F)(F)F)nc2n1CCCN2c1c(C)cc(C)cc1Cl. The molecule has 0 amide bonds. The second-order valence-corrected chi connectivity index (χ2v) is 8.40. The summed E-state index contributed by atoms with van der Waals surface area (Å²) in [5, 5.41) is 0.539. The van der Waals surface area contributed by atoms with Crippen LogP contribution in [0.25, 0.3) is 0 Å². The Morgan fingerprint density at radius 3 is 2.50 bits per heavy atom. The van der Waals surface area contributed by atoms with Gasteiger partial charge in [-0.15, -0.1) is 0 Å². The molecule has 166 valence electrons. The van der Waals surface area contributed by atoms with E-state index >= 15 is 0 Å². The van der Waals surface area contributed by atoms with Crippen LogP contribution in [0.1, 0.15) is 55.6 Å². The van der Waals surface area contributed by atoms with Gasteiger partial charge in [-0.2, -0.15) is 13.2 Å². The average Bonchev–Trinajstić information content (AvgIpc) is 3.04. The molecule has 8 heteroatoms. The van der Waals surface area contributed by atoms with Crippen LogP contribution >= 0.6 is 11.6 Å². The van der Waals surface area contributed by atoms with E-state index in [1.54, 1.807) is 4.57 Å². The monoisotopic (exact) mass is 442 g/mol. The molecule has 1 aliphatic heterocycles. The maximum atomic E-state index is 13.9. The van der Waals surface area contributed by atoms with Gasteiger partial charge in [0.15, 0.2) is 5.69 Å². The van der Waals surface area contributed by atoms with Gasteiger partial charge in [-0.25, -0.2) is 4.98 Å². The summed E-state index contributed by atoms with van der Waals surface area (Å²) in [6, 6.07) is 3.85. The molecule has 2 aromatic rings. The lowest BCUT2D eigenvalue weighted by Crippen LogP contribution is -2.31. The van der Waals surface area contributed by atoms with Crippen LogP contribution in [0.2, 0.25) is 5.02 Å². The van der Waals surface area contributed by atoms with Crippen molar-refractivity contribution >= 4 is 23.2 Å². The molecular weight excluding hydrogens is 413 g/mol. The molecule has 1 aliphatic rings. The first kappa shape index (κ1) is 22.9. The number of aryl methyl sites for hydroxylation is 2. The van der Waals surface area contributed by atoms with E-state index in [4.69, 9.17) is 11.6 Å². The lowest BCUT2D eigenvalue weighted by Gasteiger charge is -2.32. The number of anilines is 2. The Kier molecular flexibility index (Phi) is 7.02. The van der Waals surface area contributed by atoms with Crippen molar-refractivity contribution in [3.8, 4) is 0 Å². The topological polar surface area (TPSA) is 24.3 Å². The summed E-state index contributed by atoms with van der Waals surface area (Å²) in [6.45, 7) is 10.8. The lowest BCUT2D eigenvalue weighted by atomic mass is 10.1. The molecule has 1 aromatic heterocycles. The van der Waals surface area contributed by atoms with Gasteiger partial charge in [0, 0.05) is 19.6 Å². The summed E-state index contributed by atoms with van der Waals surface area (Å²) in [7, 11) is 0. The van der Waals surface area contributed by atoms with Gasteiger partial charge in [0.1, 0.15) is 0 Å². The van der Waals surface area contributed by atoms with Gasteiger partial charge >= 0.3 is 6.18 Å². The molecule has 0 saturated carbocycles. The fraction of sp³-hybridized carbons (Fsp3) is 0.591. The Hall–Kier alpha value is -1.73. The van der Waals surface area contributed by atoms with Gasteiger partial charge in [0.25, 0.3) is 0 Å². The Balaban J connectivity index is 2.09. The predicted molar refractivity (Wildman–Crippen MR) is 116 cm³/mol. The van der Waals surface area contributed by atoms with Gasteiger partial charge in [0.05, 0.1) is 16.4 Å². The maximum Gasteiger partial charge on any atom is 0.435 e. The number of halogens is 4. The molecule has 0 bridgehead atoms. The number of nitrogens with zero attached hydrogens (tertiary/aromatic N) is 4. The zero-order valence-corrected chi connectivity index (χ0v) is 18.9. The fourth-order valence-corrected chi connectivity index (χ4v) is 4.62. The molecule has 0 spiro atoms. The van der Waals surface area contributed by atoms with Crippen molar-refractivity contribution in [2.24, 2.45) is 0 Å². The number of alkyl halides is 3. The number of hydrogen-bond acceptors (Lipinski definition) is 3. The van der Waals surface area contributed by atoms with E-state index in [1.165, 1.54) is 0 Å². The highest BCUT2D eigenvalue weighted by atomic mass is 35.5. The molecule has 4 nitrogen and oxygen atoms in total. The van der Waals surface area contributed by atoms with E-state index in [-0.39, 0.29) is 12.2 Å². The van der Waals surface area contributed by atoms with Gasteiger partial charge in [0.2, 0.25) is 5.95 Å². The molecule has 0 fully saturated rings. The van der Waals surface area contributed by atoms with Crippen LogP contribution in [0, 0.1) is 13.8 Å². The van der Waals surface area contributed by atoms with Crippen molar-refractivity contribution in [1.29, 1.82) is 0 Å². The van der Waals surface area contributed by atoms with Crippen molar-refractivity contribution in [2.45, 2.75) is 66.2 Å². The molecule has 0 unspecified atom stereocenters. The van der Waals surface area contributed by atoms with Gasteiger partial charge in [-0.05, 0) is 57.0 Å². The summed E-state index contributed by atoms with van der Waals surface area (Å²) in [5.41, 5.74) is 2.17. The van der Waals surface area contributed by atoms with Crippen molar-refractivity contribution in [3.63, 3.8) is 0 Å². The zero-order valence-electron chi connectivity index (χ0n) is 18.1. The molecular formula is C22H30ClF3N4. The van der Waals surface area contributed by atoms with Crippen molar-refractivity contribution in [3.05, 3.63) is 39.7 Å². The fourth-order valence-electron chi connectivity index (χ4n) is 4.19.